The quantitative estimate of drug-likeness (QED) is 0.575. The predicted octanol–water partition coefficient (Wildman–Crippen LogP) is 2.65. The first-order valence-electron chi connectivity index (χ1n) is 9.32. The van der Waals surface area contributed by atoms with E-state index >= 15 is 0 Å². The summed E-state index contributed by atoms with van der Waals surface area (Å²) in [4.78, 5) is 25.0. The minimum absolute atomic E-state index is 0.129. The fourth-order valence-electron chi connectivity index (χ4n) is 3.18. The van der Waals surface area contributed by atoms with Gasteiger partial charge in [0.05, 0.1) is 0 Å². The molecule has 3 amide bonds. The van der Waals surface area contributed by atoms with Crippen LogP contribution in [0.2, 0.25) is 5.02 Å². The van der Waals surface area contributed by atoms with E-state index in [1.54, 1.807) is 0 Å². The Labute approximate surface area is 160 Å². The van der Waals surface area contributed by atoms with Gasteiger partial charge in [0.2, 0.25) is 5.91 Å². The number of halogens is 1. The number of carbonyl (C=O) groups is 2. The number of rotatable bonds is 9. The van der Waals surface area contributed by atoms with Gasteiger partial charge in [-0.3, -0.25) is 9.69 Å². The van der Waals surface area contributed by atoms with Gasteiger partial charge in [-0.2, -0.15) is 0 Å². The zero-order valence-corrected chi connectivity index (χ0v) is 15.9. The van der Waals surface area contributed by atoms with Crippen LogP contribution in [0.4, 0.5) is 4.79 Å². The molecule has 0 atom stereocenters. The Hall–Kier alpha value is -1.79. The Morgan fingerprint density at radius 3 is 2.46 bits per heavy atom. The fraction of sp³-hybridized carbons (Fsp3) is 0.579. The number of amides is 3. The third-order valence-corrected chi connectivity index (χ3v) is 4.90. The smallest absolute Gasteiger partial charge is 0.312 e. The molecule has 4 N–H and O–H groups in total. The number of urea groups is 1. The van der Waals surface area contributed by atoms with Crippen molar-refractivity contribution in [2.24, 2.45) is 5.73 Å². The molecule has 0 saturated carbocycles. The van der Waals surface area contributed by atoms with E-state index in [4.69, 9.17) is 17.3 Å². The first-order chi connectivity index (χ1) is 12.5. The van der Waals surface area contributed by atoms with Gasteiger partial charge >= 0.3 is 6.03 Å². The highest BCUT2D eigenvalue weighted by Crippen LogP contribution is 2.16. The minimum Gasteiger partial charge on any atom is -0.353 e. The van der Waals surface area contributed by atoms with Gasteiger partial charge in [0.1, 0.15) is 0 Å². The molecule has 26 heavy (non-hydrogen) atoms. The van der Waals surface area contributed by atoms with E-state index < -0.39 is 6.03 Å². The van der Waals surface area contributed by atoms with Crippen LogP contribution < -0.4 is 16.4 Å². The second-order valence-electron chi connectivity index (χ2n) is 6.85. The molecule has 6 nitrogen and oxygen atoms in total. The molecule has 1 fully saturated rings. The maximum absolute atomic E-state index is 12.0. The van der Waals surface area contributed by atoms with E-state index in [0.717, 1.165) is 56.8 Å². The van der Waals surface area contributed by atoms with E-state index in [2.05, 4.69) is 27.7 Å². The zero-order chi connectivity index (χ0) is 18.8. The Kier molecular flexibility index (Phi) is 8.71. The van der Waals surface area contributed by atoms with Crippen molar-refractivity contribution in [2.45, 2.75) is 51.1 Å². The lowest BCUT2D eigenvalue weighted by Crippen LogP contribution is -2.44. The summed E-state index contributed by atoms with van der Waals surface area (Å²) in [6.45, 7) is 3.49. The van der Waals surface area contributed by atoms with E-state index in [-0.39, 0.29) is 11.9 Å². The standard InChI is InChI=1S/C19H29ClN4O2/c20-16-7-5-15(6-8-16)14-24-12-9-17(10-13-24)23-18(25)4-2-1-3-11-22-19(21)26/h5-8,17H,1-4,9-14H2,(H,23,25)(H3,21,22,26). The number of benzene rings is 1. The van der Waals surface area contributed by atoms with Crippen LogP contribution in [0.25, 0.3) is 0 Å². The highest BCUT2D eigenvalue weighted by Gasteiger charge is 2.20. The van der Waals surface area contributed by atoms with Crippen LogP contribution in [0.5, 0.6) is 0 Å². The molecular weight excluding hydrogens is 352 g/mol. The van der Waals surface area contributed by atoms with Crippen molar-refractivity contribution < 1.29 is 9.59 Å². The van der Waals surface area contributed by atoms with Crippen molar-refractivity contribution in [3.63, 3.8) is 0 Å². The summed E-state index contributed by atoms with van der Waals surface area (Å²) in [5, 5.41) is 6.46. The van der Waals surface area contributed by atoms with Gasteiger partial charge in [-0.25, -0.2) is 4.79 Å². The molecule has 0 spiro atoms. The summed E-state index contributed by atoms with van der Waals surface area (Å²) in [6.07, 6.45) is 5.11. The van der Waals surface area contributed by atoms with Crippen molar-refractivity contribution in [1.29, 1.82) is 0 Å². The highest BCUT2D eigenvalue weighted by atomic mass is 35.5. The number of hydrogen-bond donors (Lipinski definition) is 3. The molecule has 1 aromatic carbocycles. The molecular formula is C19H29ClN4O2. The first-order valence-corrected chi connectivity index (χ1v) is 9.70. The molecule has 0 aromatic heterocycles. The van der Waals surface area contributed by atoms with E-state index in [0.29, 0.717) is 13.0 Å². The number of likely N-dealkylation sites (tertiary alicyclic amines) is 1. The van der Waals surface area contributed by atoms with Crippen LogP contribution in [0.1, 0.15) is 44.1 Å². The van der Waals surface area contributed by atoms with Crippen molar-refractivity contribution in [3.8, 4) is 0 Å². The summed E-state index contributed by atoms with van der Waals surface area (Å²) >= 11 is 5.92. The molecule has 1 saturated heterocycles. The largest absolute Gasteiger partial charge is 0.353 e. The zero-order valence-electron chi connectivity index (χ0n) is 15.2. The monoisotopic (exact) mass is 380 g/mol. The van der Waals surface area contributed by atoms with Gasteiger partial charge in [0.25, 0.3) is 0 Å². The maximum Gasteiger partial charge on any atom is 0.312 e. The average Bonchev–Trinajstić information content (AvgIpc) is 2.61. The van der Waals surface area contributed by atoms with Crippen LogP contribution in [-0.4, -0.2) is 42.5 Å². The molecule has 0 aliphatic carbocycles. The third-order valence-electron chi connectivity index (χ3n) is 4.65. The number of hydrogen-bond acceptors (Lipinski definition) is 3. The average molecular weight is 381 g/mol. The van der Waals surface area contributed by atoms with Crippen LogP contribution >= 0.6 is 11.6 Å². The molecule has 2 rings (SSSR count). The van der Waals surface area contributed by atoms with Crippen molar-refractivity contribution in [3.05, 3.63) is 34.9 Å². The predicted molar refractivity (Wildman–Crippen MR) is 104 cm³/mol. The molecule has 1 heterocycles. The topological polar surface area (TPSA) is 87.5 Å². The summed E-state index contributed by atoms with van der Waals surface area (Å²) in [5.41, 5.74) is 6.26. The van der Waals surface area contributed by atoms with Crippen LogP contribution in [0.3, 0.4) is 0 Å². The SMILES string of the molecule is NC(=O)NCCCCCC(=O)NC1CCN(Cc2ccc(Cl)cc2)CC1. The van der Waals surface area contributed by atoms with E-state index in [1.165, 1.54) is 5.56 Å². The molecule has 7 heteroatoms. The first kappa shape index (κ1) is 20.5. The van der Waals surface area contributed by atoms with Gasteiger partial charge < -0.3 is 16.4 Å². The minimum atomic E-state index is -0.495. The van der Waals surface area contributed by atoms with Crippen LogP contribution in [0.15, 0.2) is 24.3 Å². The number of piperidine rings is 1. The summed E-state index contributed by atoms with van der Waals surface area (Å²) < 4.78 is 0. The lowest BCUT2D eigenvalue weighted by atomic mass is 10.0. The van der Waals surface area contributed by atoms with E-state index in [1.807, 2.05) is 12.1 Å². The number of carbonyl (C=O) groups excluding carboxylic acids is 2. The van der Waals surface area contributed by atoms with Crippen molar-refractivity contribution in [2.75, 3.05) is 19.6 Å². The number of unbranched alkanes of at least 4 members (excludes halogenated alkanes) is 2. The Morgan fingerprint density at radius 1 is 1.12 bits per heavy atom. The number of nitrogens with one attached hydrogen (secondary N) is 2. The van der Waals surface area contributed by atoms with Gasteiger partial charge in [0.15, 0.2) is 0 Å². The molecule has 1 aliphatic heterocycles. The van der Waals surface area contributed by atoms with Crippen LogP contribution in [0, 0.1) is 0 Å². The fourth-order valence-corrected chi connectivity index (χ4v) is 3.31. The molecule has 0 bridgehead atoms. The molecule has 0 radical (unpaired) electrons. The number of nitrogens with zero attached hydrogens (tertiary/aromatic N) is 1. The molecule has 1 aliphatic rings. The summed E-state index contributed by atoms with van der Waals surface area (Å²) in [7, 11) is 0. The maximum atomic E-state index is 12.0. The normalized spacial score (nSPS) is 15.6. The second kappa shape index (κ2) is 11.0. The molecule has 144 valence electrons. The Morgan fingerprint density at radius 2 is 1.81 bits per heavy atom. The molecule has 1 aromatic rings. The lowest BCUT2D eigenvalue weighted by Gasteiger charge is -2.32. The summed E-state index contributed by atoms with van der Waals surface area (Å²) in [5.74, 6) is 0.129. The van der Waals surface area contributed by atoms with E-state index in [9.17, 15) is 9.59 Å². The highest BCUT2D eigenvalue weighted by molar-refractivity contribution is 6.30. The van der Waals surface area contributed by atoms with Gasteiger partial charge in [0, 0.05) is 43.7 Å². The van der Waals surface area contributed by atoms with Gasteiger partial charge in [-0.05, 0) is 43.4 Å². The second-order valence-corrected chi connectivity index (χ2v) is 7.28. The number of primary amides is 1. The molecule has 0 unspecified atom stereocenters. The number of nitrogens with two attached hydrogens (primary N) is 1. The lowest BCUT2D eigenvalue weighted by molar-refractivity contribution is -0.122. The Balaban J connectivity index is 1.55. The van der Waals surface area contributed by atoms with Crippen LogP contribution in [-0.2, 0) is 11.3 Å². The Bertz CT molecular complexity index is 571. The van der Waals surface area contributed by atoms with Crippen molar-refractivity contribution >= 4 is 23.5 Å². The third kappa shape index (κ3) is 8.06. The van der Waals surface area contributed by atoms with Crippen molar-refractivity contribution in [1.82, 2.24) is 15.5 Å². The van der Waals surface area contributed by atoms with Gasteiger partial charge in [-0.15, -0.1) is 0 Å². The van der Waals surface area contributed by atoms with Gasteiger partial charge in [-0.1, -0.05) is 30.2 Å². The summed E-state index contributed by atoms with van der Waals surface area (Å²) in [6, 6.07) is 7.76.